The second-order valence-corrected chi connectivity index (χ2v) is 4.21. The topological polar surface area (TPSA) is 32.3 Å². The van der Waals surface area contributed by atoms with Gasteiger partial charge in [-0.2, -0.15) is 0 Å². The fraction of sp³-hybridized carbons (Fsp3) is 0.417. The highest BCUT2D eigenvalue weighted by Gasteiger charge is 2.35. The second-order valence-electron chi connectivity index (χ2n) is 4.21. The first kappa shape index (κ1) is 8.77. The molecule has 1 amide bonds. The summed E-state index contributed by atoms with van der Waals surface area (Å²) in [4.78, 5) is 14.0. The minimum Gasteiger partial charge on any atom is -0.382 e. The molecule has 0 saturated heterocycles. The van der Waals surface area contributed by atoms with Gasteiger partial charge in [-0.15, -0.1) is 0 Å². The number of para-hydroxylation sites is 2. The number of benzene rings is 1. The zero-order valence-corrected chi connectivity index (χ0v) is 8.57. The molecular formula is C12H14N2O. The van der Waals surface area contributed by atoms with Crippen molar-refractivity contribution in [2.45, 2.75) is 12.8 Å². The fourth-order valence-corrected chi connectivity index (χ4v) is 2.06. The van der Waals surface area contributed by atoms with Crippen LogP contribution in [-0.4, -0.2) is 19.0 Å². The van der Waals surface area contributed by atoms with Gasteiger partial charge in [-0.25, -0.2) is 0 Å². The van der Waals surface area contributed by atoms with Crippen LogP contribution in [0.2, 0.25) is 0 Å². The molecule has 3 heteroatoms. The van der Waals surface area contributed by atoms with Crippen LogP contribution in [0.25, 0.3) is 0 Å². The largest absolute Gasteiger partial charge is 0.382 e. The summed E-state index contributed by atoms with van der Waals surface area (Å²) in [5.74, 6) is 0.611. The van der Waals surface area contributed by atoms with E-state index in [0.717, 1.165) is 37.3 Å². The number of anilines is 2. The predicted octanol–water partition coefficient (Wildman–Crippen LogP) is 1.86. The Labute approximate surface area is 89.1 Å². The normalized spacial score (nSPS) is 19.3. The molecule has 78 valence electrons. The monoisotopic (exact) mass is 202 g/mol. The van der Waals surface area contributed by atoms with Crippen molar-refractivity contribution in [2.24, 2.45) is 5.92 Å². The Kier molecular flexibility index (Phi) is 1.91. The van der Waals surface area contributed by atoms with E-state index in [1.165, 1.54) is 0 Å². The van der Waals surface area contributed by atoms with Crippen LogP contribution in [0.15, 0.2) is 24.3 Å². The molecular weight excluding hydrogens is 188 g/mol. The molecule has 0 radical (unpaired) electrons. The molecule has 0 unspecified atom stereocenters. The van der Waals surface area contributed by atoms with Gasteiger partial charge in [0, 0.05) is 19.0 Å². The first-order chi connectivity index (χ1) is 7.36. The maximum absolute atomic E-state index is 12.0. The molecule has 1 heterocycles. The van der Waals surface area contributed by atoms with Gasteiger partial charge in [0.15, 0.2) is 0 Å². The molecule has 1 aliphatic heterocycles. The number of carbonyl (C=O) groups excluding carboxylic acids is 1. The number of hydrogen-bond donors (Lipinski definition) is 1. The minimum absolute atomic E-state index is 0.302. The van der Waals surface area contributed by atoms with Crippen LogP contribution < -0.4 is 10.2 Å². The van der Waals surface area contributed by atoms with Crippen molar-refractivity contribution in [1.82, 2.24) is 0 Å². The first-order valence-electron chi connectivity index (χ1n) is 5.50. The minimum atomic E-state index is 0.302. The lowest BCUT2D eigenvalue weighted by atomic mass is 10.2. The molecule has 1 saturated carbocycles. The summed E-state index contributed by atoms with van der Waals surface area (Å²) in [5.41, 5.74) is 2.12. The van der Waals surface area contributed by atoms with Gasteiger partial charge in [-0.1, -0.05) is 12.1 Å². The molecule has 1 aromatic rings. The lowest BCUT2D eigenvalue weighted by Crippen LogP contribution is -2.39. The smallest absolute Gasteiger partial charge is 0.230 e. The fourth-order valence-electron chi connectivity index (χ4n) is 2.06. The highest BCUT2D eigenvalue weighted by atomic mass is 16.2. The van der Waals surface area contributed by atoms with Gasteiger partial charge in [0.25, 0.3) is 0 Å². The Morgan fingerprint density at radius 1 is 1.33 bits per heavy atom. The third kappa shape index (κ3) is 1.48. The molecule has 1 fully saturated rings. The number of carbonyl (C=O) groups is 1. The maximum atomic E-state index is 12.0. The van der Waals surface area contributed by atoms with Gasteiger partial charge in [-0.3, -0.25) is 4.79 Å². The number of rotatable bonds is 1. The van der Waals surface area contributed by atoms with Gasteiger partial charge in [0.05, 0.1) is 11.4 Å². The molecule has 2 aliphatic rings. The van der Waals surface area contributed by atoms with Crippen molar-refractivity contribution in [3.8, 4) is 0 Å². The van der Waals surface area contributed by atoms with E-state index in [-0.39, 0.29) is 0 Å². The van der Waals surface area contributed by atoms with Crippen LogP contribution >= 0.6 is 0 Å². The summed E-state index contributed by atoms with van der Waals surface area (Å²) >= 11 is 0. The summed E-state index contributed by atoms with van der Waals surface area (Å²) in [6.45, 7) is 1.65. The highest BCUT2D eigenvalue weighted by molar-refractivity contribution is 6.00. The van der Waals surface area contributed by atoms with Gasteiger partial charge in [-0.05, 0) is 25.0 Å². The quantitative estimate of drug-likeness (QED) is 0.753. The molecule has 1 N–H and O–H groups in total. The third-order valence-electron chi connectivity index (χ3n) is 3.04. The van der Waals surface area contributed by atoms with E-state index in [1.807, 2.05) is 29.2 Å². The van der Waals surface area contributed by atoms with E-state index in [1.54, 1.807) is 0 Å². The Bertz CT molecular complexity index is 398. The second kappa shape index (κ2) is 3.26. The third-order valence-corrected chi connectivity index (χ3v) is 3.04. The lowest BCUT2D eigenvalue weighted by molar-refractivity contribution is -0.119. The summed E-state index contributed by atoms with van der Waals surface area (Å²) < 4.78 is 0. The average Bonchev–Trinajstić information content (AvgIpc) is 3.11. The SMILES string of the molecule is O=C(C1CC1)N1CCNc2ccccc21. The molecule has 15 heavy (non-hydrogen) atoms. The van der Waals surface area contributed by atoms with Gasteiger partial charge < -0.3 is 10.2 Å². The Morgan fingerprint density at radius 2 is 2.13 bits per heavy atom. The molecule has 0 atom stereocenters. The van der Waals surface area contributed by atoms with Crippen LogP contribution in [0.1, 0.15) is 12.8 Å². The maximum Gasteiger partial charge on any atom is 0.230 e. The molecule has 1 aromatic carbocycles. The highest BCUT2D eigenvalue weighted by Crippen LogP contribution is 2.36. The molecule has 0 aromatic heterocycles. The zero-order valence-electron chi connectivity index (χ0n) is 8.57. The van der Waals surface area contributed by atoms with Crippen molar-refractivity contribution >= 4 is 17.3 Å². The molecule has 0 spiro atoms. The number of amides is 1. The van der Waals surface area contributed by atoms with Gasteiger partial charge >= 0.3 is 0 Å². The number of nitrogens with one attached hydrogen (secondary N) is 1. The predicted molar refractivity (Wildman–Crippen MR) is 60.0 cm³/mol. The van der Waals surface area contributed by atoms with Crippen molar-refractivity contribution in [3.05, 3.63) is 24.3 Å². The van der Waals surface area contributed by atoms with Crippen molar-refractivity contribution < 1.29 is 4.79 Å². The van der Waals surface area contributed by atoms with E-state index in [0.29, 0.717) is 11.8 Å². The van der Waals surface area contributed by atoms with E-state index in [9.17, 15) is 4.79 Å². The summed E-state index contributed by atoms with van der Waals surface area (Å²) in [6.07, 6.45) is 2.15. The summed E-state index contributed by atoms with van der Waals surface area (Å²) in [5, 5.41) is 3.31. The number of fused-ring (bicyclic) bond motifs is 1. The number of hydrogen-bond acceptors (Lipinski definition) is 2. The van der Waals surface area contributed by atoms with Crippen LogP contribution in [0.5, 0.6) is 0 Å². The Hall–Kier alpha value is -1.51. The van der Waals surface area contributed by atoms with Crippen molar-refractivity contribution in [1.29, 1.82) is 0 Å². The van der Waals surface area contributed by atoms with E-state index in [2.05, 4.69) is 5.32 Å². The van der Waals surface area contributed by atoms with Crippen molar-refractivity contribution in [3.63, 3.8) is 0 Å². The summed E-state index contributed by atoms with van der Waals surface area (Å²) in [6, 6.07) is 8.03. The number of nitrogens with zero attached hydrogens (tertiary/aromatic N) is 1. The molecule has 3 nitrogen and oxygen atoms in total. The van der Waals surface area contributed by atoms with Crippen molar-refractivity contribution in [2.75, 3.05) is 23.3 Å². The molecule has 1 aliphatic carbocycles. The first-order valence-corrected chi connectivity index (χ1v) is 5.50. The summed E-state index contributed by atoms with van der Waals surface area (Å²) in [7, 11) is 0. The standard InChI is InChI=1S/C12H14N2O/c15-12(9-5-6-9)14-8-7-13-10-3-1-2-4-11(10)14/h1-4,9,13H,5-8H2. The van der Waals surface area contributed by atoms with E-state index >= 15 is 0 Å². The molecule has 3 rings (SSSR count). The Balaban J connectivity index is 1.94. The Morgan fingerprint density at radius 3 is 2.93 bits per heavy atom. The van der Waals surface area contributed by atoms with Crippen LogP contribution in [0.4, 0.5) is 11.4 Å². The average molecular weight is 202 g/mol. The van der Waals surface area contributed by atoms with E-state index < -0.39 is 0 Å². The zero-order chi connectivity index (χ0) is 10.3. The van der Waals surface area contributed by atoms with Gasteiger partial charge in [0.1, 0.15) is 0 Å². The lowest BCUT2D eigenvalue weighted by Gasteiger charge is -2.30. The van der Waals surface area contributed by atoms with Gasteiger partial charge in [0.2, 0.25) is 5.91 Å². The van der Waals surface area contributed by atoms with E-state index in [4.69, 9.17) is 0 Å². The van der Waals surface area contributed by atoms with Crippen LogP contribution in [0, 0.1) is 5.92 Å². The van der Waals surface area contributed by atoms with Crippen LogP contribution in [0.3, 0.4) is 0 Å². The van der Waals surface area contributed by atoms with Crippen LogP contribution in [-0.2, 0) is 4.79 Å². The molecule has 0 bridgehead atoms.